The zero-order chi connectivity index (χ0) is 8.10. The maximum absolute atomic E-state index is 10.4. The average molecular weight is 157 g/mol. The normalized spacial score (nSPS) is 24.9. The summed E-state index contributed by atoms with van der Waals surface area (Å²) in [5.74, 6) is -0.265. The highest BCUT2D eigenvalue weighted by Gasteiger charge is 2.14. The highest BCUT2D eigenvalue weighted by molar-refractivity contribution is 5.73. The van der Waals surface area contributed by atoms with Gasteiger partial charge in [-0.1, -0.05) is 0 Å². The molecule has 0 bridgehead atoms. The van der Waals surface area contributed by atoms with Gasteiger partial charge in [0.25, 0.3) is 0 Å². The maximum atomic E-state index is 10.4. The molecule has 0 aromatic rings. The summed E-state index contributed by atoms with van der Waals surface area (Å²) in [4.78, 5) is 10.4. The second kappa shape index (κ2) is 4.31. The van der Waals surface area contributed by atoms with Crippen LogP contribution in [0.1, 0.15) is 12.8 Å². The first kappa shape index (κ1) is 8.49. The van der Waals surface area contributed by atoms with Crippen LogP contribution >= 0.6 is 0 Å². The standard InChI is InChI=1S/C7H13N2O2/c8-7(10)2-1-6-5-9-3-4-11-6/h6H,1-5H2,(H2,8,10). The van der Waals surface area contributed by atoms with E-state index in [1.807, 2.05) is 0 Å². The van der Waals surface area contributed by atoms with Gasteiger partial charge in [-0.2, -0.15) is 0 Å². The number of primary amides is 1. The predicted octanol–water partition coefficient (Wildman–Crippen LogP) is -0.745. The van der Waals surface area contributed by atoms with Crippen molar-refractivity contribution in [1.29, 1.82) is 0 Å². The maximum Gasteiger partial charge on any atom is 0.217 e. The molecule has 2 N–H and O–H groups in total. The Labute approximate surface area is 66.1 Å². The molecule has 1 amide bonds. The second-order valence-corrected chi connectivity index (χ2v) is 2.63. The summed E-state index contributed by atoms with van der Waals surface area (Å²) in [6.07, 6.45) is 1.23. The van der Waals surface area contributed by atoms with E-state index >= 15 is 0 Å². The van der Waals surface area contributed by atoms with Crippen LogP contribution < -0.4 is 11.1 Å². The lowest BCUT2D eigenvalue weighted by molar-refractivity contribution is -0.118. The predicted molar refractivity (Wildman–Crippen MR) is 40.0 cm³/mol. The molecular weight excluding hydrogens is 144 g/mol. The molecule has 1 atom stereocenters. The SMILES string of the molecule is NC(=O)CCC1C[N]CCO1. The molecular formula is C7H13N2O2. The summed E-state index contributed by atoms with van der Waals surface area (Å²) in [5, 5.41) is 4.16. The van der Waals surface area contributed by atoms with Crippen LogP contribution in [-0.2, 0) is 9.53 Å². The van der Waals surface area contributed by atoms with Gasteiger partial charge >= 0.3 is 0 Å². The van der Waals surface area contributed by atoms with Crippen molar-refractivity contribution < 1.29 is 9.53 Å². The van der Waals surface area contributed by atoms with Crippen LogP contribution in [0.2, 0.25) is 0 Å². The number of carbonyl (C=O) groups is 1. The second-order valence-electron chi connectivity index (χ2n) is 2.63. The molecule has 1 heterocycles. The molecule has 1 radical (unpaired) electrons. The smallest absolute Gasteiger partial charge is 0.217 e. The van der Waals surface area contributed by atoms with Gasteiger partial charge in [-0.05, 0) is 6.42 Å². The van der Waals surface area contributed by atoms with Crippen molar-refractivity contribution in [2.45, 2.75) is 18.9 Å². The van der Waals surface area contributed by atoms with Crippen molar-refractivity contribution in [1.82, 2.24) is 5.32 Å². The zero-order valence-electron chi connectivity index (χ0n) is 6.45. The molecule has 1 fully saturated rings. The molecule has 4 heteroatoms. The Kier molecular flexibility index (Phi) is 3.32. The Balaban J connectivity index is 2.09. The van der Waals surface area contributed by atoms with E-state index in [-0.39, 0.29) is 12.0 Å². The summed E-state index contributed by atoms with van der Waals surface area (Å²) in [6.45, 7) is 2.18. The highest BCUT2D eigenvalue weighted by Crippen LogP contribution is 2.04. The minimum absolute atomic E-state index is 0.122. The van der Waals surface area contributed by atoms with E-state index in [1.165, 1.54) is 0 Å². The lowest BCUT2D eigenvalue weighted by Gasteiger charge is -2.21. The first-order valence-corrected chi connectivity index (χ1v) is 3.82. The number of nitrogens with two attached hydrogens (primary N) is 1. The molecule has 63 valence electrons. The Bertz CT molecular complexity index is 132. The molecule has 0 saturated carbocycles. The molecule has 1 unspecified atom stereocenters. The van der Waals surface area contributed by atoms with Crippen molar-refractivity contribution in [3.8, 4) is 0 Å². The summed E-state index contributed by atoms with van der Waals surface area (Å²) in [5.41, 5.74) is 4.98. The average Bonchev–Trinajstić information content (AvgIpc) is 2.03. The fraction of sp³-hybridized carbons (Fsp3) is 0.857. The van der Waals surface area contributed by atoms with Crippen molar-refractivity contribution >= 4 is 5.91 Å². The molecule has 11 heavy (non-hydrogen) atoms. The van der Waals surface area contributed by atoms with E-state index < -0.39 is 0 Å². The number of amides is 1. The van der Waals surface area contributed by atoms with E-state index in [4.69, 9.17) is 10.5 Å². The number of nitrogens with zero attached hydrogens (tertiary/aromatic N) is 1. The van der Waals surface area contributed by atoms with Crippen LogP contribution in [0.5, 0.6) is 0 Å². The number of rotatable bonds is 3. The summed E-state index contributed by atoms with van der Waals surface area (Å²) >= 11 is 0. The third-order valence-corrected chi connectivity index (χ3v) is 1.65. The molecule has 1 aliphatic heterocycles. The minimum Gasteiger partial charge on any atom is -0.375 e. The lowest BCUT2D eigenvalue weighted by Crippen LogP contribution is -2.34. The van der Waals surface area contributed by atoms with Gasteiger partial charge in [0.15, 0.2) is 0 Å². The highest BCUT2D eigenvalue weighted by atomic mass is 16.5. The summed E-state index contributed by atoms with van der Waals surface area (Å²) in [7, 11) is 0. The zero-order valence-corrected chi connectivity index (χ0v) is 6.45. The summed E-state index contributed by atoms with van der Waals surface area (Å²) < 4.78 is 5.33. The Morgan fingerprint density at radius 2 is 2.55 bits per heavy atom. The van der Waals surface area contributed by atoms with Crippen LogP contribution in [0.4, 0.5) is 0 Å². The van der Waals surface area contributed by atoms with Gasteiger partial charge < -0.3 is 10.5 Å². The van der Waals surface area contributed by atoms with Gasteiger partial charge in [0.2, 0.25) is 5.91 Å². The molecule has 1 saturated heterocycles. The lowest BCUT2D eigenvalue weighted by atomic mass is 10.2. The van der Waals surface area contributed by atoms with Crippen molar-refractivity contribution in [3.05, 3.63) is 0 Å². The van der Waals surface area contributed by atoms with Crippen LogP contribution in [0.25, 0.3) is 0 Å². The van der Waals surface area contributed by atoms with Crippen LogP contribution in [0.15, 0.2) is 0 Å². The molecule has 0 spiro atoms. The van der Waals surface area contributed by atoms with E-state index in [9.17, 15) is 4.79 Å². The van der Waals surface area contributed by atoms with Crippen LogP contribution in [-0.4, -0.2) is 31.7 Å². The first-order valence-electron chi connectivity index (χ1n) is 3.82. The van der Waals surface area contributed by atoms with E-state index in [2.05, 4.69) is 5.32 Å². The van der Waals surface area contributed by atoms with E-state index in [1.54, 1.807) is 0 Å². The number of hydrogen-bond acceptors (Lipinski definition) is 2. The van der Waals surface area contributed by atoms with Gasteiger partial charge in [0, 0.05) is 19.5 Å². The fourth-order valence-corrected chi connectivity index (χ4v) is 1.05. The van der Waals surface area contributed by atoms with Gasteiger partial charge in [-0.25, -0.2) is 5.32 Å². The number of carbonyl (C=O) groups excluding carboxylic acids is 1. The van der Waals surface area contributed by atoms with Crippen molar-refractivity contribution in [2.75, 3.05) is 19.7 Å². The van der Waals surface area contributed by atoms with E-state index in [0.717, 1.165) is 6.54 Å². The Morgan fingerprint density at radius 3 is 3.09 bits per heavy atom. The van der Waals surface area contributed by atoms with Gasteiger partial charge in [-0.15, -0.1) is 0 Å². The third-order valence-electron chi connectivity index (χ3n) is 1.65. The molecule has 0 aromatic carbocycles. The van der Waals surface area contributed by atoms with Crippen molar-refractivity contribution in [3.63, 3.8) is 0 Å². The monoisotopic (exact) mass is 157 g/mol. The van der Waals surface area contributed by atoms with E-state index in [0.29, 0.717) is 26.0 Å². The molecule has 0 aliphatic carbocycles. The Morgan fingerprint density at radius 1 is 1.73 bits per heavy atom. The number of hydrogen-bond donors (Lipinski definition) is 1. The quantitative estimate of drug-likeness (QED) is 0.586. The summed E-state index contributed by atoms with van der Waals surface area (Å²) in [6, 6.07) is 0. The molecule has 1 aliphatic rings. The van der Waals surface area contributed by atoms with Crippen LogP contribution in [0.3, 0.4) is 0 Å². The number of ether oxygens (including phenoxy) is 1. The molecule has 0 aromatic heterocycles. The van der Waals surface area contributed by atoms with Crippen LogP contribution in [0, 0.1) is 0 Å². The third kappa shape index (κ3) is 3.34. The Hall–Kier alpha value is -0.610. The fourth-order valence-electron chi connectivity index (χ4n) is 1.05. The topological polar surface area (TPSA) is 66.4 Å². The van der Waals surface area contributed by atoms with Crippen molar-refractivity contribution in [2.24, 2.45) is 5.73 Å². The largest absolute Gasteiger partial charge is 0.375 e. The first-order chi connectivity index (χ1) is 5.29. The molecule has 1 rings (SSSR count). The van der Waals surface area contributed by atoms with Gasteiger partial charge in [0.05, 0.1) is 12.7 Å². The minimum atomic E-state index is -0.265. The van der Waals surface area contributed by atoms with Gasteiger partial charge in [-0.3, -0.25) is 4.79 Å². The number of morpholine rings is 1. The molecule has 4 nitrogen and oxygen atoms in total. The van der Waals surface area contributed by atoms with Gasteiger partial charge in [0.1, 0.15) is 0 Å².